The fourth-order valence-electron chi connectivity index (χ4n) is 4.29. The Kier molecular flexibility index (Phi) is 9.12. The molecule has 0 bridgehead atoms. The van der Waals surface area contributed by atoms with Gasteiger partial charge in [-0.25, -0.2) is 18.1 Å². The number of esters is 1. The molecule has 0 aliphatic carbocycles. The first-order valence-electron chi connectivity index (χ1n) is 12.7. The van der Waals surface area contributed by atoms with Crippen molar-refractivity contribution < 1.29 is 41.8 Å². The van der Waals surface area contributed by atoms with E-state index < -0.39 is 67.6 Å². The number of hydrogen-bond donors (Lipinski definition) is 3. The molecule has 1 aliphatic rings. The van der Waals surface area contributed by atoms with Crippen molar-refractivity contribution in [3.63, 3.8) is 0 Å². The molecule has 16 heteroatoms. The van der Waals surface area contributed by atoms with Gasteiger partial charge >= 0.3 is 19.4 Å². The average Bonchev–Trinajstić information content (AvgIpc) is 3.09. The molecular formula is C26H29BrF2N3O9P. The van der Waals surface area contributed by atoms with E-state index in [1.165, 1.54) is 13.0 Å². The molecule has 228 valence electrons. The summed E-state index contributed by atoms with van der Waals surface area (Å²) in [4.78, 5) is 38.5. The van der Waals surface area contributed by atoms with Crippen molar-refractivity contribution in [1.29, 1.82) is 0 Å². The summed E-state index contributed by atoms with van der Waals surface area (Å²) in [7, 11) is -4.71. The van der Waals surface area contributed by atoms with Crippen molar-refractivity contribution >= 4 is 40.4 Å². The zero-order valence-electron chi connectivity index (χ0n) is 22.9. The number of H-pyrrole nitrogens is 1. The number of aromatic nitrogens is 2. The number of carbonyl (C=O) groups excluding carboxylic acids is 1. The Bertz CT molecular complexity index is 1640. The van der Waals surface area contributed by atoms with Crippen LogP contribution in [0.15, 0.2) is 62.7 Å². The molecule has 4 rings (SSSR count). The number of hydrogen-bond acceptors (Lipinski definition) is 9. The third kappa shape index (κ3) is 6.51. The maximum atomic E-state index is 16.1. The third-order valence-electron chi connectivity index (χ3n) is 6.37. The van der Waals surface area contributed by atoms with E-state index in [0.29, 0.717) is 15.3 Å². The molecule has 1 aliphatic heterocycles. The van der Waals surface area contributed by atoms with Gasteiger partial charge in [-0.1, -0.05) is 36.4 Å². The maximum absolute atomic E-state index is 16.1. The van der Waals surface area contributed by atoms with Gasteiger partial charge < -0.3 is 19.1 Å². The van der Waals surface area contributed by atoms with E-state index in [4.69, 9.17) is 18.5 Å². The summed E-state index contributed by atoms with van der Waals surface area (Å²) >= 11 is 2.90. The predicted molar refractivity (Wildman–Crippen MR) is 150 cm³/mol. The molecule has 0 spiro atoms. The first-order chi connectivity index (χ1) is 19.6. The topological polar surface area (TPSA) is 158 Å². The molecule has 0 radical (unpaired) electrons. The zero-order valence-corrected chi connectivity index (χ0v) is 25.4. The number of nitrogens with zero attached hydrogens (tertiary/aromatic N) is 1. The van der Waals surface area contributed by atoms with Gasteiger partial charge in [-0.3, -0.25) is 23.7 Å². The highest BCUT2D eigenvalue weighted by molar-refractivity contribution is 9.10. The number of ether oxygens (including phenoxy) is 2. The van der Waals surface area contributed by atoms with E-state index in [0.717, 1.165) is 13.1 Å². The minimum atomic E-state index is -4.71. The molecule has 1 aromatic heterocycles. The standard InChI is InChI=1S/C26H29BrF2N3O9P/c1-14(2)39-21(34)15(3)31-42(37,41-19-11-7-9-16-8-5-6-10-17(16)19)38-13-26(29)22(35)25(4,28)23(40-26)32-12-18(27)20(33)30-24(32)36/h5-12,14-15,22-23,35H,13H2,1-4H3,(H,31,37)(H,30,33,36)/t15-,22-,23+,25+,26+,42?/m0/s1. The molecule has 42 heavy (non-hydrogen) atoms. The Morgan fingerprint density at radius 3 is 2.57 bits per heavy atom. The summed E-state index contributed by atoms with van der Waals surface area (Å²) in [6.07, 6.45) is -4.27. The molecular weight excluding hydrogens is 647 g/mol. The second kappa shape index (κ2) is 12.0. The van der Waals surface area contributed by atoms with Gasteiger partial charge in [-0.15, -0.1) is 0 Å². The van der Waals surface area contributed by atoms with E-state index >= 15 is 8.78 Å². The highest BCUT2D eigenvalue weighted by atomic mass is 79.9. The monoisotopic (exact) mass is 675 g/mol. The van der Waals surface area contributed by atoms with E-state index in [2.05, 4.69) is 21.0 Å². The molecule has 1 saturated heterocycles. The first kappa shape index (κ1) is 32.0. The second-order valence-corrected chi connectivity index (χ2v) is 12.7. The highest BCUT2D eigenvalue weighted by Gasteiger charge is 2.65. The van der Waals surface area contributed by atoms with E-state index in [-0.39, 0.29) is 10.2 Å². The quantitative estimate of drug-likeness (QED) is 0.213. The number of carbonyl (C=O) groups is 1. The van der Waals surface area contributed by atoms with Gasteiger partial charge in [0.05, 0.1) is 10.6 Å². The van der Waals surface area contributed by atoms with E-state index in [9.17, 15) is 24.1 Å². The van der Waals surface area contributed by atoms with Gasteiger partial charge in [0, 0.05) is 11.6 Å². The summed E-state index contributed by atoms with van der Waals surface area (Å²) < 4.78 is 67.6. The number of nitrogens with one attached hydrogen (secondary N) is 2. The minimum Gasteiger partial charge on any atom is -0.462 e. The van der Waals surface area contributed by atoms with Gasteiger partial charge in [0.1, 0.15) is 18.4 Å². The largest absolute Gasteiger partial charge is 0.462 e. The van der Waals surface area contributed by atoms with Crippen LogP contribution in [0.1, 0.15) is 33.9 Å². The van der Waals surface area contributed by atoms with Crippen LogP contribution < -0.4 is 20.9 Å². The lowest BCUT2D eigenvalue weighted by Crippen LogP contribution is -2.48. The second-order valence-electron chi connectivity index (χ2n) is 10.1. The van der Waals surface area contributed by atoms with Crippen LogP contribution in [0.4, 0.5) is 8.78 Å². The fraction of sp³-hybridized carbons (Fsp3) is 0.423. The van der Waals surface area contributed by atoms with Gasteiger partial charge in [0.15, 0.2) is 18.0 Å². The third-order valence-corrected chi connectivity index (χ3v) is 8.54. The molecule has 1 unspecified atom stereocenters. The summed E-state index contributed by atoms with van der Waals surface area (Å²) in [6.45, 7) is 3.94. The van der Waals surface area contributed by atoms with Gasteiger partial charge in [0.2, 0.25) is 0 Å². The van der Waals surface area contributed by atoms with Crippen LogP contribution in [0, 0.1) is 0 Å². The van der Waals surface area contributed by atoms with Gasteiger partial charge in [-0.05, 0) is 55.1 Å². The van der Waals surface area contributed by atoms with Crippen LogP contribution in [0.3, 0.4) is 0 Å². The fourth-order valence-corrected chi connectivity index (χ4v) is 6.13. The van der Waals surface area contributed by atoms with Crippen LogP contribution >= 0.6 is 23.7 Å². The number of aliphatic hydroxyl groups is 1. The molecule has 2 aromatic carbocycles. The molecule has 3 N–H and O–H groups in total. The molecule has 12 nitrogen and oxygen atoms in total. The van der Waals surface area contributed by atoms with E-state index in [1.807, 2.05) is 4.98 Å². The van der Waals surface area contributed by atoms with E-state index in [1.54, 1.807) is 50.2 Å². The lowest BCUT2D eigenvalue weighted by molar-refractivity contribution is -0.204. The van der Waals surface area contributed by atoms with Crippen LogP contribution in [0.5, 0.6) is 5.75 Å². The van der Waals surface area contributed by atoms with Crippen molar-refractivity contribution in [2.45, 2.75) is 63.7 Å². The maximum Gasteiger partial charge on any atom is 0.459 e. The predicted octanol–water partition coefficient (Wildman–Crippen LogP) is 3.87. The summed E-state index contributed by atoms with van der Waals surface area (Å²) in [5.41, 5.74) is -4.91. The Balaban J connectivity index is 1.65. The number of aliphatic hydroxyl groups excluding tert-OH is 1. The first-order valence-corrected chi connectivity index (χ1v) is 15.0. The SMILES string of the molecule is CC(C)OC(=O)[C@H](C)NP(=O)(OC[C@@]1(F)O[C@@H](n2cc(Br)c(=O)[nH]c2=O)[C@](C)(F)[C@@H]1O)Oc1cccc2ccccc12. The Morgan fingerprint density at radius 2 is 1.88 bits per heavy atom. The molecule has 2 heterocycles. The Labute approximate surface area is 246 Å². The van der Waals surface area contributed by atoms with Crippen molar-refractivity contribution in [2.75, 3.05) is 6.61 Å². The lowest BCUT2D eigenvalue weighted by atomic mass is 9.97. The van der Waals surface area contributed by atoms with Crippen LogP contribution in [-0.4, -0.2) is 57.0 Å². The van der Waals surface area contributed by atoms with Crippen molar-refractivity contribution in [3.05, 3.63) is 74.0 Å². The lowest BCUT2D eigenvalue weighted by Gasteiger charge is -2.28. The number of alkyl halides is 2. The van der Waals surface area contributed by atoms with Crippen LogP contribution in [-0.2, 0) is 23.4 Å². The molecule has 0 amide bonds. The van der Waals surface area contributed by atoms with Crippen molar-refractivity contribution in [2.24, 2.45) is 0 Å². The zero-order chi connectivity index (χ0) is 31.0. The van der Waals surface area contributed by atoms with Crippen LogP contribution in [0.2, 0.25) is 0 Å². The number of halogens is 3. The smallest absolute Gasteiger partial charge is 0.459 e. The minimum absolute atomic E-state index is 0.0482. The summed E-state index contributed by atoms with van der Waals surface area (Å²) in [6, 6.07) is 10.5. The highest BCUT2D eigenvalue weighted by Crippen LogP contribution is 2.52. The molecule has 3 aromatic rings. The number of benzene rings is 2. The van der Waals surface area contributed by atoms with Gasteiger partial charge in [-0.2, -0.15) is 5.09 Å². The summed E-state index contributed by atoms with van der Waals surface area (Å²) in [5, 5.41) is 14.2. The average molecular weight is 676 g/mol. The van der Waals surface area contributed by atoms with Gasteiger partial charge in [0.25, 0.3) is 11.4 Å². The summed E-state index contributed by atoms with van der Waals surface area (Å²) in [5.74, 6) is -4.15. The number of aromatic amines is 1. The van der Waals surface area contributed by atoms with Crippen molar-refractivity contribution in [1.82, 2.24) is 14.6 Å². The molecule has 6 atom stereocenters. The normalized spacial score (nSPS) is 26.2. The molecule has 0 saturated carbocycles. The van der Waals surface area contributed by atoms with Crippen LogP contribution in [0.25, 0.3) is 10.8 Å². The number of fused-ring (bicyclic) bond motifs is 1. The number of rotatable bonds is 10. The van der Waals surface area contributed by atoms with Crippen molar-refractivity contribution in [3.8, 4) is 5.75 Å². The Hall–Kier alpha value is -2.94. The Morgan fingerprint density at radius 1 is 1.21 bits per heavy atom. The molecule has 1 fully saturated rings.